The van der Waals surface area contributed by atoms with Crippen LogP contribution in [-0.2, 0) is 11.2 Å². The molecule has 0 aliphatic heterocycles. The van der Waals surface area contributed by atoms with E-state index < -0.39 is 5.97 Å². The lowest BCUT2D eigenvalue weighted by Gasteiger charge is -2.12. The molecule has 0 radical (unpaired) electrons. The molecular weight excluding hydrogens is 270 g/mol. The standard InChI is InChI=1S/C16H19NO4/c1-12(6-5-9-13-7-3-2-4-8-13)16(20)21-17-14(18)10-11-15(17)19/h2-4,7-8,10-12,18-19H,5-6,9H2,1H3. The molecule has 0 bridgehead atoms. The maximum atomic E-state index is 11.9. The Kier molecular flexibility index (Phi) is 4.87. The van der Waals surface area contributed by atoms with E-state index in [9.17, 15) is 15.0 Å². The summed E-state index contributed by atoms with van der Waals surface area (Å²) in [4.78, 5) is 16.9. The Balaban J connectivity index is 1.80. The van der Waals surface area contributed by atoms with Crippen molar-refractivity contribution in [3.05, 3.63) is 48.0 Å². The Morgan fingerprint density at radius 1 is 1.14 bits per heavy atom. The molecule has 0 aliphatic carbocycles. The highest BCUT2D eigenvalue weighted by atomic mass is 16.7. The number of aryl methyl sites for hydroxylation is 1. The van der Waals surface area contributed by atoms with Gasteiger partial charge in [0, 0.05) is 12.1 Å². The van der Waals surface area contributed by atoms with Crippen molar-refractivity contribution in [2.24, 2.45) is 5.92 Å². The largest absolute Gasteiger partial charge is 0.492 e. The van der Waals surface area contributed by atoms with Crippen molar-refractivity contribution in [2.75, 3.05) is 0 Å². The number of hydrogen-bond donors (Lipinski definition) is 2. The zero-order chi connectivity index (χ0) is 15.2. The average Bonchev–Trinajstić information content (AvgIpc) is 2.80. The molecular formula is C16H19NO4. The first-order valence-corrected chi connectivity index (χ1v) is 6.93. The second-order valence-corrected chi connectivity index (χ2v) is 5.03. The minimum atomic E-state index is -0.482. The molecule has 0 saturated heterocycles. The summed E-state index contributed by atoms with van der Waals surface area (Å²) in [6.45, 7) is 1.77. The lowest BCUT2D eigenvalue weighted by molar-refractivity contribution is -0.150. The Morgan fingerprint density at radius 2 is 1.76 bits per heavy atom. The van der Waals surface area contributed by atoms with Crippen LogP contribution in [0.1, 0.15) is 25.3 Å². The second-order valence-electron chi connectivity index (χ2n) is 5.03. The van der Waals surface area contributed by atoms with Gasteiger partial charge >= 0.3 is 5.97 Å². The van der Waals surface area contributed by atoms with Crippen LogP contribution < -0.4 is 4.84 Å². The summed E-state index contributed by atoms with van der Waals surface area (Å²) in [7, 11) is 0. The predicted molar refractivity (Wildman–Crippen MR) is 77.9 cm³/mol. The van der Waals surface area contributed by atoms with Crippen molar-refractivity contribution in [3.8, 4) is 11.8 Å². The fraction of sp³-hybridized carbons (Fsp3) is 0.312. The normalized spacial score (nSPS) is 12.0. The predicted octanol–water partition coefficient (Wildman–Crippen LogP) is 2.51. The van der Waals surface area contributed by atoms with E-state index in [0.29, 0.717) is 6.42 Å². The molecule has 0 fully saturated rings. The van der Waals surface area contributed by atoms with Gasteiger partial charge < -0.3 is 15.1 Å². The maximum absolute atomic E-state index is 11.9. The number of rotatable bonds is 6. The first kappa shape index (κ1) is 15.0. The van der Waals surface area contributed by atoms with E-state index in [1.54, 1.807) is 6.92 Å². The Hall–Kier alpha value is -2.43. The van der Waals surface area contributed by atoms with Gasteiger partial charge in [0.2, 0.25) is 11.8 Å². The third kappa shape index (κ3) is 4.02. The van der Waals surface area contributed by atoms with Crippen LogP contribution in [0.15, 0.2) is 42.5 Å². The van der Waals surface area contributed by atoms with Gasteiger partial charge in [0.25, 0.3) is 0 Å². The lowest BCUT2D eigenvalue weighted by Crippen LogP contribution is -2.25. The molecule has 112 valence electrons. The van der Waals surface area contributed by atoms with Gasteiger partial charge in [-0.15, -0.1) is 4.73 Å². The molecule has 0 aliphatic rings. The molecule has 1 unspecified atom stereocenters. The number of nitrogens with zero attached hydrogens (tertiary/aromatic N) is 1. The first-order chi connectivity index (χ1) is 10.1. The first-order valence-electron chi connectivity index (χ1n) is 6.93. The number of carbonyl (C=O) groups is 1. The third-order valence-corrected chi connectivity index (χ3v) is 3.33. The number of aromatic hydroxyl groups is 2. The van der Waals surface area contributed by atoms with E-state index in [2.05, 4.69) is 12.1 Å². The van der Waals surface area contributed by atoms with Gasteiger partial charge in [0.1, 0.15) is 0 Å². The topological polar surface area (TPSA) is 71.7 Å². The number of carbonyl (C=O) groups excluding carboxylic acids is 1. The summed E-state index contributed by atoms with van der Waals surface area (Å²) in [5.41, 5.74) is 1.23. The van der Waals surface area contributed by atoms with E-state index in [1.807, 2.05) is 18.2 Å². The fourth-order valence-corrected chi connectivity index (χ4v) is 2.05. The van der Waals surface area contributed by atoms with Gasteiger partial charge in [-0.1, -0.05) is 37.3 Å². The Morgan fingerprint density at radius 3 is 2.38 bits per heavy atom. The van der Waals surface area contributed by atoms with Crippen LogP contribution in [0.5, 0.6) is 11.8 Å². The molecule has 2 N–H and O–H groups in total. The van der Waals surface area contributed by atoms with Gasteiger partial charge in [0.05, 0.1) is 5.92 Å². The van der Waals surface area contributed by atoms with Gasteiger partial charge in [-0.25, -0.2) is 4.79 Å². The van der Waals surface area contributed by atoms with Crippen LogP contribution in [0, 0.1) is 5.92 Å². The van der Waals surface area contributed by atoms with E-state index >= 15 is 0 Å². The summed E-state index contributed by atoms with van der Waals surface area (Å²) in [6, 6.07) is 12.6. The number of benzene rings is 1. The van der Waals surface area contributed by atoms with Gasteiger partial charge in [-0.05, 0) is 24.8 Å². The van der Waals surface area contributed by atoms with Gasteiger partial charge in [0.15, 0.2) is 0 Å². The van der Waals surface area contributed by atoms with Crippen LogP contribution in [0.25, 0.3) is 0 Å². The van der Waals surface area contributed by atoms with Gasteiger partial charge in [-0.2, -0.15) is 0 Å². The molecule has 1 aromatic carbocycles. The molecule has 0 amide bonds. The van der Waals surface area contributed by atoms with Crippen molar-refractivity contribution < 1.29 is 19.8 Å². The highest BCUT2D eigenvalue weighted by Gasteiger charge is 2.18. The van der Waals surface area contributed by atoms with E-state index in [4.69, 9.17) is 4.84 Å². The molecule has 5 heteroatoms. The summed E-state index contributed by atoms with van der Waals surface area (Å²) >= 11 is 0. The van der Waals surface area contributed by atoms with E-state index in [1.165, 1.54) is 17.7 Å². The molecule has 21 heavy (non-hydrogen) atoms. The molecule has 1 aromatic heterocycles. The van der Waals surface area contributed by atoms with Crippen LogP contribution in [0.4, 0.5) is 0 Å². The van der Waals surface area contributed by atoms with Crippen molar-refractivity contribution in [3.63, 3.8) is 0 Å². The van der Waals surface area contributed by atoms with E-state index in [-0.39, 0.29) is 17.7 Å². The highest BCUT2D eigenvalue weighted by Crippen LogP contribution is 2.20. The Bertz CT molecular complexity index is 572. The number of aromatic nitrogens is 1. The van der Waals surface area contributed by atoms with Crippen molar-refractivity contribution >= 4 is 5.97 Å². The smallest absolute Gasteiger partial charge is 0.335 e. The zero-order valence-corrected chi connectivity index (χ0v) is 11.9. The van der Waals surface area contributed by atoms with E-state index in [0.717, 1.165) is 17.6 Å². The Labute approximate surface area is 123 Å². The monoisotopic (exact) mass is 289 g/mol. The van der Waals surface area contributed by atoms with Crippen LogP contribution in [-0.4, -0.2) is 20.9 Å². The quantitative estimate of drug-likeness (QED) is 0.857. The minimum Gasteiger partial charge on any atom is -0.492 e. The molecule has 1 heterocycles. The van der Waals surface area contributed by atoms with Crippen molar-refractivity contribution in [1.29, 1.82) is 0 Å². The SMILES string of the molecule is CC(CCCc1ccccc1)C(=O)On1c(O)ccc1O. The molecule has 0 saturated carbocycles. The average molecular weight is 289 g/mol. The minimum absolute atomic E-state index is 0.308. The molecule has 1 atom stereocenters. The van der Waals surface area contributed by atoms with Crippen LogP contribution in [0.2, 0.25) is 0 Å². The van der Waals surface area contributed by atoms with Crippen LogP contribution in [0.3, 0.4) is 0 Å². The molecule has 0 spiro atoms. The second kappa shape index (κ2) is 6.83. The van der Waals surface area contributed by atoms with Crippen LogP contribution >= 0.6 is 0 Å². The highest BCUT2D eigenvalue weighted by molar-refractivity contribution is 5.72. The fourth-order valence-electron chi connectivity index (χ4n) is 2.05. The molecule has 2 rings (SSSR count). The third-order valence-electron chi connectivity index (χ3n) is 3.33. The van der Waals surface area contributed by atoms with Crippen molar-refractivity contribution in [2.45, 2.75) is 26.2 Å². The van der Waals surface area contributed by atoms with Crippen molar-refractivity contribution in [1.82, 2.24) is 4.73 Å². The summed E-state index contributed by atoms with van der Waals surface area (Å²) in [6.07, 6.45) is 2.44. The summed E-state index contributed by atoms with van der Waals surface area (Å²) < 4.78 is 0.718. The molecule has 5 nitrogen and oxygen atoms in total. The van der Waals surface area contributed by atoms with Gasteiger partial charge in [-0.3, -0.25) is 0 Å². The summed E-state index contributed by atoms with van der Waals surface area (Å²) in [5.74, 6) is -1.41. The lowest BCUT2D eigenvalue weighted by atomic mass is 10.0. The number of hydrogen-bond acceptors (Lipinski definition) is 4. The maximum Gasteiger partial charge on any atom is 0.335 e. The summed E-state index contributed by atoms with van der Waals surface area (Å²) in [5, 5.41) is 18.8. The molecule has 2 aromatic rings. The zero-order valence-electron chi connectivity index (χ0n) is 11.9.